The first kappa shape index (κ1) is 19.0. The molecule has 0 aliphatic carbocycles. The second-order valence-electron chi connectivity index (χ2n) is 5.53. The molecule has 0 atom stereocenters. The van der Waals surface area contributed by atoms with Crippen molar-refractivity contribution < 1.29 is 14.3 Å². The molecule has 0 radical (unpaired) electrons. The molecular weight excluding hydrogens is 384 g/mol. The van der Waals surface area contributed by atoms with Crippen molar-refractivity contribution in [2.45, 2.75) is 26.2 Å². The van der Waals surface area contributed by atoms with E-state index in [1.807, 2.05) is 18.2 Å². The Labute approximate surface area is 155 Å². The van der Waals surface area contributed by atoms with Gasteiger partial charge in [0.05, 0.1) is 22.3 Å². The molecule has 0 saturated heterocycles. The zero-order valence-electron chi connectivity index (χ0n) is 14.0. The average Bonchev–Trinajstić information content (AvgIpc) is 2.60. The quantitative estimate of drug-likeness (QED) is 0.654. The lowest BCUT2D eigenvalue weighted by atomic mass is 10.1. The highest BCUT2D eigenvalue weighted by Crippen LogP contribution is 2.26. The number of primary amides is 1. The zero-order valence-corrected chi connectivity index (χ0v) is 15.6. The van der Waals surface area contributed by atoms with E-state index in [1.165, 1.54) is 5.56 Å². The van der Waals surface area contributed by atoms with Crippen LogP contribution < -0.4 is 15.8 Å². The summed E-state index contributed by atoms with van der Waals surface area (Å²) in [4.78, 5) is 23.4. The molecule has 0 aliphatic rings. The van der Waals surface area contributed by atoms with E-state index in [9.17, 15) is 9.59 Å². The van der Waals surface area contributed by atoms with Crippen LogP contribution in [0.25, 0.3) is 0 Å². The molecule has 0 bridgehead atoms. The smallest absolute Gasteiger partial charge is 0.250 e. The summed E-state index contributed by atoms with van der Waals surface area (Å²) in [5.74, 6) is 0.00832. The molecule has 132 valence electrons. The lowest BCUT2D eigenvalue weighted by Gasteiger charge is -2.10. The van der Waals surface area contributed by atoms with Gasteiger partial charge in [0.2, 0.25) is 5.91 Å². The van der Waals surface area contributed by atoms with Crippen LogP contribution in [0.1, 0.15) is 35.7 Å². The standard InChI is InChI=1S/C19H21BrN2O3/c1-2-13-9-10-17(15(20)12-13)25-11-5-8-18(23)22-16-7-4-3-6-14(16)19(21)24/h3-4,6-7,9-10,12H,2,5,8,11H2,1H3,(H2,21,24)(H,22,23). The topological polar surface area (TPSA) is 81.4 Å². The highest BCUT2D eigenvalue weighted by molar-refractivity contribution is 9.10. The molecule has 3 N–H and O–H groups in total. The van der Waals surface area contributed by atoms with Crippen molar-refractivity contribution in [3.05, 3.63) is 58.1 Å². The molecular formula is C19H21BrN2O3. The van der Waals surface area contributed by atoms with Crippen molar-refractivity contribution in [2.75, 3.05) is 11.9 Å². The number of para-hydroxylation sites is 1. The molecule has 5 nitrogen and oxygen atoms in total. The number of benzene rings is 2. The minimum absolute atomic E-state index is 0.183. The van der Waals surface area contributed by atoms with E-state index in [2.05, 4.69) is 28.2 Å². The normalized spacial score (nSPS) is 10.3. The maximum Gasteiger partial charge on any atom is 0.250 e. The number of halogens is 1. The summed E-state index contributed by atoms with van der Waals surface area (Å²) in [5.41, 5.74) is 7.25. The summed E-state index contributed by atoms with van der Waals surface area (Å²) < 4.78 is 6.61. The molecule has 0 heterocycles. The monoisotopic (exact) mass is 404 g/mol. The number of nitrogens with one attached hydrogen (secondary N) is 1. The van der Waals surface area contributed by atoms with Gasteiger partial charge in [-0.25, -0.2) is 0 Å². The molecule has 2 aromatic rings. The number of carbonyl (C=O) groups is 2. The van der Waals surface area contributed by atoms with Crippen LogP contribution >= 0.6 is 15.9 Å². The van der Waals surface area contributed by atoms with Crippen LogP contribution in [0.15, 0.2) is 46.9 Å². The van der Waals surface area contributed by atoms with E-state index in [4.69, 9.17) is 10.5 Å². The highest BCUT2D eigenvalue weighted by Gasteiger charge is 2.10. The summed E-state index contributed by atoms with van der Waals surface area (Å²) in [7, 11) is 0. The number of anilines is 1. The third-order valence-corrected chi connectivity index (χ3v) is 4.30. The first-order chi connectivity index (χ1) is 12.0. The Morgan fingerprint density at radius 2 is 1.96 bits per heavy atom. The zero-order chi connectivity index (χ0) is 18.2. The maximum absolute atomic E-state index is 12.0. The first-order valence-electron chi connectivity index (χ1n) is 8.11. The Balaban J connectivity index is 1.80. The van der Waals surface area contributed by atoms with Crippen molar-refractivity contribution in [2.24, 2.45) is 5.73 Å². The molecule has 2 rings (SSSR count). The van der Waals surface area contributed by atoms with Gasteiger partial charge in [-0.1, -0.05) is 25.1 Å². The Morgan fingerprint density at radius 3 is 2.64 bits per heavy atom. The Kier molecular flexibility index (Phi) is 7.01. The van der Waals surface area contributed by atoms with Gasteiger partial charge in [0, 0.05) is 6.42 Å². The summed E-state index contributed by atoms with van der Waals surface area (Å²) in [5, 5.41) is 2.71. The minimum Gasteiger partial charge on any atom is -0.492 e. The van der Waals surface area contributed by atoms with Gasteiger partial charge < -0.3 is 15.8 Å². The fourth-order valence-electron chi connectivity index (χ4n) is 2.32. The van der Waals surface area contributed by atoms with Gasteiger partial charge in [-0.15, -0.1) is 0 Å². The van der Waals surface area contributed by atoms with Gasteiger partial charge in [-0.05, 0) is 58.6 Å². The van der Waals surface area contributed by atoms with E-state index in [0.29, 0.717) is 24.3 Å². The average molecular weight is 405 g/mol. The second kappa shape index (κ2) is 9.22. The van der Waals surface area contributed by atoms with E-state index in [0.717, 1.165) is 16.6 Å². The number of nitrogens with two attached hydrogens (primary N) is 1. The molecule has 25 heavy (non-hydrogen) atoms. The number of ether oxygens (including phenoxy) is 1. The van der Waals surface area contributed by atoms with Crippen molar-refractivity contribution in [3.8, 4) is 5.75 Å². The molecule has 2 amide bonds. The van der Waals surface area contributed by atoms with Crippen LogP contribution in [-0.2, 0) is 11.2 Å². The number of carbonyl (C=O) groups excluding carboxylic acids is 2. The number of hydrogen-bond acceptors (Lipinski definition) is 3. The van der Waals surface area contributed by atoms with E-state index in [-0.39, 0.29) is 12.3 Å². The molecule has 6 heteroatoms. The van der Waals surface area contributed by atoms with Gasteiger partial charge in [-0.3, -0.25) is 9.59 Å². The number of aryl methyl sites for hydroxylation is 1. The van der Waals surface area contributed by atoms with Crippen LogP contribution in [0.2, 0.25) is 0 Å². The van der Waals surface area contributed by atoms with Crippen molar-refractivity contribution in [1.82, 2.24) is 0 Å². The van der Waals surface area contributed by atoms with Crippen LogP contribution in [0.4, 0.5) is 5.69 Å². The molecule has 0 aliphatic heterocycles. The molecule has 0 saturated carbocycles. The maximum atomic E-state index is 12.0. The van der Waals surface area contributed by atoms with Gasteiger partial charge in [-0.2, -0.15) is 0 Å². The molecule has 0 spiro atoms. The third kappa shape index (κ3) is 5.60. The predicted molar refractivity (Wildman–Crippen MR) is 102 cm³/mol. The molecule has 0 aromatic heterocycles. The fourth-order valence-corrected chi connectivity index (χ4v) is 2.86. The van der Waals surface area contributed by atoms with Crippen molar-refractivity contribution >= 4 is 33.4 Å². The predicted octanol–water partition coefficient (Wildman–Crippen LogP) is 3.91. The molecule has 0 fully saturated rings. The summed E-state index contributed by atoms with van der Waals surface area (Å²) in [6.45, 7) is 2.52. The van der Waals surface area contributed by atoms with Gasteiger partial charge in [0.25, 0.3) is 5.91 Å². The Hall–Kier alpha value is -2.34. The van der Waals surface area contributed by atoms with E-state index >= 15 is 0 Å². The Bertz CT molecular complexity index is 762. The van der Waals surface area contributed by atoms with Crippen LogP contribution in [0.5, 0.6) is 5.75 Å². The summed E-state index contributed by atoms with van der Waals surface area (Å²) >= 11 is 3.49. The van der Waals surface area contributed by atoms with Crippen molar-refractivity contribution in [3.63, 3.8) is 0 Å². The summed E-state index contributed by atoms with van der Waals surface area (Å²) in [6, 6.07) is 12.6. The molecule has 2 aromatic carbocycles. The first-order valence-corrected chi connectivity index (χ1v) is 8.90. The number of amides is 2. The fraction of sp³-hybridized carbons (Fsp3) is 0.263. The van der Waals surface area contributed by atoms with Gasteiger partial charge >= 0.3 is 0 Å². The Morgan fingerprint density at radius 1 is 1.20 bits per heavy atom. The SMILES string of the molecule is CCc1ccc(OCCCC(=O)Nc2ccccc2C(N)=O)c(Br)c1. The number of rotatable bonds is 8. The van der Waals surface area contributed by atoms with Crippen molar-refractivity contribution in [1.29, 1.82) is 0 Å². The van der Waals surface area contributed by atoms with Crippen LogP contribution in [0.3, 0.4) is 0 Å². The van der Waals surface area contributed by atoms with Crippen LogP contribution in [0, 0.1) is 0 Å². The summed E-state index contributed by atoms with van der Waals surface area (Å²) in [6.07, 6.45) is 1.82. The third-order valence-electron chi connectivity index (χ3n) is 3.68. The van der Waals surface area contributed by atoms with E-state index < -0.39 is 5.91 Å². The largest absolute Gasteiger partial charge is 0.492 e. The van der Waals surface area contributed by atoms with Crippen LogP contribution in [-0.4, -0.2) is 18.4 Å². The molecule has 0 unspecified atom stereocenters. The number of hydrogen-bond donors (Lipinski definition) is 2. The second-order valence-corrected chi connectivity index (χ2v) is 6.38. The van der Waals surface area contributed by atoms with E-state index in [1.54, 1.807) is 24.3 Å². The van der Waals surface area contributed by atoms with Gasteiger partial charge in [0.15, 0.2) is 0 Å². The lowest BCUT2D eigenvalue weighted by Crippen LogP contribution is -2.18. The lowest BCUT2D eigenvalue weighted by molar-refractivity contribution is -0.116. The van der Waals surface area contributed by atoms with Gasteiger partial charge in [0.1, 0.15) is 5.75 Å². The minimum atomic E-state index is -0.570. The highest BCUT2D eigenvalue weighted by atomic mass is 79.9.